The van der Waals surface area contributed by atoms with E-state index in [2.05, 4.69) is 33.9 Å². The quantitative estimate of drug-likeness (QED) is 0.623. The Balaban J connectivity index is 1.31. The second-order valence-corrected chi connectivity index (χ2v) is 9.29. The van der Waals surface area contributed by atoms with E-state index in [-0.39, 0.29) is 11.8 Å². The van der Waals surface area contributed by atoms with E-state index in [1.807, 2.05) is 12.1 Å². The number of phenols is 1. The molecule has 2 aromatic heterocycles. The highest BCUT2D eigenvalue weighted by Gasteiger charge is 2.41. The Morgan fingerprint density at radius 3 is 2.77 bits per heavy atom. The molecular weight excluding hydrogens is 401 g/mol. The van der Waals surface area contributed by atoms with Gasteiger partial charge in [-0.2, -0.15) is 0 Å². The van der Waals surface area contributed by atoms with Gasteiger partial charge in [0.15, 0.2) is 6.17 Å². The average molecular weight is 426 g/mol. The summed E-state index contributed by atoms with van der Waals surface area (Å²) in [5, 5.41) is 24.3. The molecule has 4 heterocycles. The monoisotopic (exact) mass is 425 g/mol. The van der Waals surface area contributed by atoms with Crippen molar-refractivity contribution in [2.24, 2.45) is 0 Å². The van der Waals surface area contributed by atoms with Gasteiger partial charge in [-0.25, -0.2) is 4.39 Å². The van der Waals surface area contributed by atoms with Crippen LogP contribution in [0.25, 0.3) is 22.4 Å². The maximum Gasteiger partial charge on any atom is 0.233 e. The van der Waals surface area contributed by atoms with Crippen molar-refractivity contribution in [3.05, 3.63) is 46.7 Å². The van der Waals surface area contributed by atoms with Gasteiger partial charge >= 0.3 is 0 Å². The third-order valence-corrected chi connectivity index (χ3v) is 6.89. The third kappa shape index (κ3) is 3.79. The minimum Gasteiger partial charge on any atom is -0.507 e. The summed E-state index contributed by atoms with van der Waals surface area (Å²) in [5.41, 5.74) is 3.19. The molecule has 2 fully saturated rings. The molecule has 5 nitrogen and oxygen atoms in total. The molecule has 0 aliphatic carbocycles. The number of fused-ring (bicyclic) bond motifs is 2. The Bertz CT molecular complexity index is 1040. The molecule has 2 bridgehead atoms. The molecule has 0 amide bonds. The lowest BCUT2D eigenvalue weighted by Crippen LogP contribution is -2.59. The van der Waals surface area contributed by atoms with Gasteiger partial charge in [-0.3, -0.25) is 0 Å². The van der Waals surface area contributed by atoms with E-state index in [1.54, 1.807) is 29.5 Å². The van der Waals surface area contributed by atoms with Gasteiger partial charge in [-0.05, 0) is 60.5 Å². The number of alkyl halides is 1. The number of hydrogen-bond acceptors (Lipinski definition) is 6. The van der Waals surface area contributed by atoms with Crippen LogP contribution in [0.2, 0.25) is 0 Å². The molecule has 0 spiro atoms. The number of aromatic nitrogens is 2. The van der Waals surface area contributed by atoms with Gasteiger partial charge in [0, 0.05) is 35.0 Å². The molecule has 30 heavy (non-hydrogen) atoms. The predicted molar refractivity (Wildman–Crippen MR) is 116 cm³/mol. The molecule has 3 aromatic rings. The fourth-order valence-electron chi connectivity index (χ4n) is 4.48. The number of rotatable bonds is 4. The molecule has 2 aliphatic rings. The molecular formula is C23H24FN3O2S. The smallest absolute Gasteiger partial charge is 0.233 e. The van der Waals surface area contributed by atoms with Gasteiger partial charge in [-0.1, -0.05) is 12.5 Å². The Morgan fingerprint density at radius 1 is 1.13 bits per heavy atom. The number of aryl methyl sites for hydroxylation is 1. The van der Waals surface area contributed by atoms with Gasteiger partial charge in [-0.15, -0.1) is 21.5 Å². The lowest BCUT2D eigenvalue weighted by Gasteiger charge is -2.42. The summed E-state index contributed by atoms with van der Waals surface area (Å²) < 4.78 is 20.6. The van der Waals surface area contributed by atoms with Gasteiger partial charge in [0.05, 0.1) is 5.69 Å². The minimum atomic E-state index is -1.04. The zero-order chi connectivity index (χ0) is 20.7. The summed E-state index contributed by atoms with van der Waals surface area (Å²) in [6.45, 7) is 2.06. The van der Waals surface area contributed by atoms with Crippen LogP contribution in [-0.4, -0.2) is 39.7 Å². The average Bonchev–Trinajstić information content (AvgIpc) is 3.19. The van der Waals surface area contributed by atoms with E-state index < -0.39 is 12.3 Å². The molecule has 0 radical (unpaired) electrons. The number of benzene rings is 1. The molecule has 4 atom stereocenters. The summed E-state index contributed by atoms with van der Waals surface area (Å²) >= 11 is 1.68. The summed E-state index contributed by atoms with van der Waals surface area (Å²) in [5.74, 6) is 0.463. The first-order chi connectivity index (χ1) is 14.6. The minimum absolute atomic E-state index is 0.128. The van der Waals surface area contributed by atoms with Crippen LogP contribution >= 0.6 is 11.3 Å². The van der Waals surface area contributed by atoms with Crippen molar-refractivity contribution in [3.63, 3.8) is 0 Å². The number of halogens is 1. The lowest BCUT2D eigenvalue weighted by atomic mass is 9.84. The zero-order valence-corrected chi connectivity index (χ0v) is 17.5. The van der Waals surface area contributed by atoms with E-state index in [1.165, 1.54) is 4.88 Å². The lowest BCUT2D eigenvalue weighted by molar-refractivity contribution is 0.00652. The van der Waals surface area contributed by atoms with Gasteiger partial charge < -0.3 is 15.2 Å². The molecule has 2 N–H and O–H groups in total. The van der Waals surface area contributed by atoms with Crippen LogP contribution in [0, 0.1) is 6.92 Å². The van der Waals surface area contributed by atoms with Crippen molar-refractivity contribution in [3.8, 4) is 34.0 Å². The van der Waals surface area contributed by atoms with E-state index >= 15 is 0 Å². The number of piperidine rings is 2. The van der Waals surface area contributed by atoms with E-state index in [0.29, 0.717) is 29.6 Å². The van der Waals surface area contributed by atoms with Crippen molar-refractivity contribution in [2.45, 2.75) is 57.0 Å². The molecule has 5 rings (SSSR count). The predicted octanol–water partition coefficient (Wildman–Crippen LogP) is 4.89. The zero-order valence-electron chi connectivity index (χ0n) is 16.7. The first kappa shape index (κ1) is 19.5. The van der Waals surface area contributed by atoms with Gasteiger partial charge in [0.25, 0.3) is 0 Å². The van der Waals surface area contributed by atoms with E-state index in [4.69, 9.17) is 4.74 Å². The fourth-order valence-corrected chi connectivity index (χ4v) is 5.19. The van der Waals surface area contributed by atoms with Gasteiger partial charge in [0.1, 0.15) is 11.9 Å². The highest BCUT2D eigenvalue weighted by atomic mass is 32.1. The Morgan fingerprint density at radius 2 is 2.03 bits per heavy atom. The van der Waals surface area contributed by atoms with Gasteiger partial charge in [0.2, 0.25) is 5.88 Å². The van der Waals surface area contributed by atoms with Crippen molar-refractivity contribution in [2.75, 3.05) is 0 Å². The number of nitrogens with zero attached hydrogens (tertiary/aromatic N) is 2. The number of nitrogens with one attached hydrogen (secondary N) is 1. The fraction of sp³-hybridized carbons (Fsp3) is 0.391. The largest absolute Gasteiger partial charge is 0.507 e. The van der Waals surface area contributed by atoms with Crippen LogP contribution in [0.1, 0.15) is 30.6 Å². The second-order valence-electron chi connectivity index (χ2n) is 8.17. The molecule has 156 valence electrons. The SMILES string of the molecule is Cc1cc(-c2ccc(-c3ccc(O[C@H]4C[C@@H]5CCC[C@@H](N5)[C@H]4F)nn3)c(O)c2)cs1. The summed E-state index contributed by atoms with van der Waals surface area (Å²) in [6, 6.07) is 11.3. The van der Waals surface area contributed by atoms with E-state index in [9.17, 15) is 9.50 Å². The number of phenolic OH excluding ortho intramolecular Hbond substituents is 1. The van der Waals surface area contributed by atoms with Crippen LogP contribution in [0.4, 0.5) is 4.39 Å². The first-order valence-electron chi connectivity index (χ1n) is 10.4. The Kier molecular flexibility index (Phi) is 5.16. The van der Waals surface area contributed by atoms with Crippen molar-refractivity contribution in [1.82, 2.24) is 15.5 Å². The molecule has 0 unspecified atom stereocenters. The maximum atomic E-state index is 14.7. The Hall–Kier alpha value is -2.51. The number of aromatic hydroxyl groups is 1. The first-order valence-corrected chi connectivity index (χ1v) is 11.2. The highest BCUT2D eigenvalue weighted by molar-refractivity contribution is 7.10. The van der Waals surface area contributed by atoms with Crippen LogP contribution < -0.4 is 10.1 Å². The molecule has 7 heteroatoms. The standard InChI is InChI=1S/C23H24FN3O2S/c1-13-9-15(12-30-13)14-5-6-17(20(28)10-14)18-7-8-22(27-26-18)29-21-11-16-3-2-4-19(25-16)23(21)24/h5-10,12,16,19,21,23,25,28H,2-4,11H2,1H3/t16-,19+,21-,23+/m0/s1. The third-order valence-electron chi connectivity index (χ3n) is 6.02. The van der Waals surface area contributed by atoms with Crippen LogP contribution in [0.3, 0.4) is 0 Å². The summed E-state index contributed by atoms with van der Waals surface area (Å²) in [6.07, 6.45) is 2.09. The summed E-state index contributed by atoms with van der Waals surface area (Å²) in [7, 11) is 0. The number of hydrogen-bond donors (Lipinski definition) is 2. The highest BCUT2D eigenvalue weighted by Crippen LogP contribution is 2.35. The number of thiophene rings is 1. The molecule has 2 aliphatic heterocycles. The van der Waals surface area contributed by atoms with Crippen molar-refractivity contribution < 1.29 is 14.2 Å². The molecule has 0 saturated carbocycles. The second kappa shape index (κ2) is 7.96. The van der Waals surface area contributed by atoms with Crippen LogP contribution in [0.15, 0.2) is 41.8 Å². The van der Waals surface area contributed by atoms with E-state index in [0.717, 1.165) is 30.4 Å². The topological polar surface area (TPSA) is 67.3 Å². The summed E-state index contributed by atoms with van der Waals surface area (Å²) in [4.78, 5) is 1.22. The normalized spacial score (nSPS) is 25.8. The van der Waals surface area contributed by atoms with Crippen LogP contribution in [-0.2, 0) is 0 Å². The van der Waals surface area contributed by atoms with Crippen molar-refractivity contribution >= 4 is 11.3 Å². The van der Waals surface area contributed by atoms with Crippen molar-refractivity contribution in [1.29, 1.82) is 0 Å². The maximum absolute atomic E-state index is 14.7. The van der Waals surface area contributed by atoms with Crippen LogP contribution in [0.5, 0.6) is 11.6 Å². The number of ether oxygens (including phenoxy) is 1. The molecule has 1 aromatic carbocycles. The molecule has 2 saturated heterocycles. The Labute approximate surface area is 178 Å².